The Labute approximate surface area is 188 Å². The van der Waals surface area contributed by atoms with Crippen LogP contribution in [-0.4, -0.2) is 87.5 Å². The van der Waals surface area contributed by atoms with Gasteiger partial charge in [0.25, 0.3) is 0 Å². The standard InChI is InChI=1S/C21H36N4O7/c1-12(2)25(20(30)31)11-16(26)15-9-8-10-24(15)18(28)14(4)22-17(27)13(3)23-19(29)32-21(5,6)7/h12-15H,8-11H2,1-7H3,(H,22,27)(H,23,29)(H,30,31)/t13-,14-,15-/m0/s1. The average molecular weight is 457 g/mol. The monoisotopic (exact) mass is 456 g/mol. The van der Waals surface area contributed by atoms with E-state index in [1.54, 1.807) is 34.6 Å². The number of nitrogens with one attached hydrogen (secondary N) is 2. The van der Waals surface area contributed by atoms with Crippen LogP contribution in [0.5, 0.6) is 0 Å². The van der Waals surface area contributed by atoms with Crippen LogP contribution >= 0.6 is 0 Å². The Hall–Kier alpha value is -2.85. The molecule has 3 N–H and O–H groups in total. The minimum absolute atomic E-state index is 0.307. The lowest BCUT2D eigenvalue weighted by atomic mass is 10.1. The highest BCUT2D eigenvalue weighted by atomic mass is 16.6. The van der Waals surface area contributed by atoms with E-state index in [1.165, 1.54) is 18.7 Å². The maximum Gasteiger partial charge on any atom is 0.408 e. The molecule has 0 radical (unpaired) electrons. The molecular formula is C21H36N4O7. The van der Waals surface area contributed by atoms with E-state index in [1.807, 2.05) is 0 Å². The van der Waals surface area contributed by atoms with Crippen molar-refractivity contribution in [2.24, 2.45) is 0 Å². The van der Waals surface area contributed by atoms with Crippen LogP contribution in [0.4, 0.5) is 9.59 Å². The zero-order valence-electron chi connectivity index (χ0n) is 19.9. The largest absolute Gasteiger partial charge is 0.465 e. The first-order valence-corrected chi connectivity index (χ1v) is 10.8. The number of nitrogens with zero attached hydrogens (tertiary/aromatic N) is 2. The highest BCUT2D eigenvalue weighted by molar-refractivity contribution is 5.95. The van der Waals surface area contributed by atoms with Crippen LogP contribution in [0.3, 0.4) is 0 Å². The molecule has 0 aromatic carbocycles. The third-order valence-corrected chi connectivity index (χ3v) is 4.96. The van der Waals surface area contributed by atoms with E-state index in [2.05, 4.69) is 10.6 Å². The summed E-state index contributed by atoms with van der Waals surface area (Å²) in [4.78, 5) is 63.6. The van der Waals surface area contributed by atoms with Crippen LogP contribution in [0.1, 0.15) is 61.3 Å². The molecule has 1 aliphatic rings. The van der Waals surface area contributed by atoms with Crippen molar-refractivity contribution in [3.05, 3.63) is 0 Å². The van der Waals surface area contributed by atoms with Crippen LogP contribution in [0, 0.1) is 0 Å². The molecule has 1 heterocycles. The van der Waals surface area contributed by atoms with Crippen molar-refractivity contribution in [1.82, 2.24) is 20.4 Å². The molecule has 1 saturated heterocycles. The van der Waals surface area contributed by atoms with Crippen LogP contribution < -0.4 is 10.6 Å². The lowest BCUT2D eigenvalue weighted by Crippen LogP contribution is -2.55. The van der Waals surface area contributed by atoms with Crippen molar-refractivity contribution in [3.63, 3.8) is 0 Å². The summed E-state index contributed by atoms with van der Waals surface area (Å²) in [7, 11) is 0. The van der Waals surface area contributed by atoms with E-state index in [0.29, 0.717) is 19.4 Å². The average Bonchev–Trinajstić information content (AvgIpc) is 3.12. The summed E-state index contributed by atoms with van der Waals surface area (Å²) < 4.78 is 5.11. The summed E-state index contributed by atoms with van der Waals surface area (Å²) >= 11 is 0. The molecule has 4 amide bonds. The van der Waals surface area contributed by atoms with Crippen molar-refractivity contribution in [3.8, 4) is 0 Å². The molecule has 0 aliphatic carbocycles. The number of ether oxygens (including phenoxy) is 1. The van der Waals surface area contributed by atoms with Gasteiger partial charge in [0.2, 0.25) is 11.8 Å². The second-order valence-corrected chi connectivity index (χ2v) is 9.26. The molecule has 0 aromatic rings. The molecule has 11 nitrogen and oxygen atoms in total. The highest BCUT2D eigenvalue weighted by Crippen LogP contribution is 2.20. The number of hydrogen-bond donors (Lipinski definition) is 3. The molecule has 1 aliphatic heterocycles. The van der Waals surface area contributed by atoms with Crippen molar-refractivity contribution >= 4 is 29.8 Å². The number of Topliss-reactive ketones (excluding diaryl/α,β-unsaturated/α-hetero) is 1. The van der Waals surface area contributed by atoms with Crippen LogP contribution in [0.2, 0.25) is 0 Å². The van der Waals surface area contributed by atoms with E-state index in [0.717, 1.165) is 4.90 Å². The molecule has 1 rings (SSSR count). The molecule has 1 fully saturated rings. The summed E-state index contributed by atoms with van der Waals surface area (Å²) in [5.74, 6) is -1.37. The summed E-state index contributed by atoms with van der Waals surface area (Å²) in [6.45, 7) is 11.4. The highest BCUT2D eigenvalue weighted by Gasteiger charge is 2.37. The molecule has 3 atom stereocenters. The zero-order chi connectivity index (χ0) is 24.8. The lowest BCUT2D eigenvalue weighted by molar-refractivity contribution is -0.140. The molecule has 32 heavy (non-hydrogen) atoms. The fraction of sp³-hybridized carbons (Fsp3) is 0.762. The van der Waals surface area contributed by atoms with Gasteiger partial charge in [0, 0.05) is 12.6 Å². The predicted molar refractivity (Wildman–Crippen MR) is 116 cm³/mol. The second kappa shape index (κ2) is 11.1. The Morgan fingerprint density at radius 2 is 1.66 bits per heavy atom. The van der Waals surface area contributed by atoms with Crippen molar-refractivity contribution in [1.29, 1.82) is 0 Å². The normalized spacial score (nSPS) is 18.0. The summed E-state index contributed by atoms with van der Waals surface area (Å²) in [6.07, 6.45) is -0.907. The van der Waals surface area contributed by atoms with Gasteiger partial charge >= 0.3 is 12.2 Å². The molecule has 11 heteroatoms. The number of likely N-dealkylation sites (tertiary alicyclic amines) is 1. The number of carbonyl (C=O) groups is 5. The predicted octanol–water partition coefficient (Wildman–Crippen LogP) is 1.35. The Bertz CT molecular complexity index is 732. The first kappa shape index (κ1) is 27.2. The molecule has 0 spiro atoms. The Morgan fingerprint density at radius 3 is 2.16 bits per heavy atom. The van der Waals surface area contributed by atoms with Crippen LogP contribution in [-0.2, 0) is 19.1 Å². The number of carboxylic acid groups (broad SMARTS) is 1. The van der Waals surface area contributed by atoms with Gasteiger partial charge in [0.1, 0.15) is 17.7 Å². The van der Waals surface area contributed by atoms with Gasteiger partial charge < -0.3 is 25.4 Å². The zero-order valence-corrected chi connectivity index (χ0v) is 19.9. The fourth-order valence-electron chi connectivity index (χ4n) is 3.31. The van der Waals surface area contributed by atoms with Gasteiger partial charge in [-0.05, 0) is 61.3 Å². The summed E-state index contributed by atoms with van der Waals surface area (Å²) in [5, 5.41) is 14.2. The molecule has 182 valence electrons. The second-order valence-electron chi connectivity index (χ2n) is 9.26. The number of rotatable bonds is 8. The van der Waals surface area contributed by atoms with Gasteiger partial charge in [-0.2, -0.15) is 0 Å². The van der Waals surface area contributed by atoms with Crippen LogP contribution in [0.15, 0.2) is 0 Å². The number of carbonyl (C=O) groups excluding carboxylic acids is 4. The number of ketones is 1. The third-order valence-electron chi connectivity index (χ3n) is 4.96. The van der Waals surface area contributed by atoms with E-state index in [-0.39, 0.29) is 18.4 Å². The Balaban J connectivity index is 2.71. The Kier molecular flexibility index (Phi) is 9.47. The van der Waals surface area contributed by atoms with Crippen molar-refractivity contribution < 1.29 is 33.8 Å². The van der Waals surface area contributed by atoms with E-state index in [4.69, 9.17) is 4.74 Å². The van der Waals surface area contributed by atoms with E-state index >= 15 is 0 Å². The topological polar surface area (TPSA) is 145 Å². The summed E-state index contributed by atoms with van der Waals surface area (Å²) in [5.41, 5.74) is -0.716. The lowest BCUT2D eigenvalue weighted by Gasteiger charge is -2.30. The fourth-order valence-corrected chi connectivity index (χ4v) is 3.31. The molecule has 0 aromatic heterocycles. The minimum Gasteiger partial charge on any atom is -0.465 e. The van der Waals surface area contributed by atoms with Gasteiger partial charge in [-0.3, -0.25) is 19.3 Å². The first-order chi connectivity index (χ1) is 14.6. The smallest absolute Gasteiger partial charge is 0.408 e. The maximum absolute atomic E-state index is 12.9. The SMILES string of the molecule is CC(C)N(CC(=O)[C@@H]1CCCN1C(=O)[C@H](C)NC(=O)[C@H](C)NC(=O)OC(C)(C)C)C(=O)O. The van der Waals surface area contributed by atoms with Crippen molar-refractivity contribution in [2.45, 2.75) is 91.1 Å². The molecule has 0 unspecified atom stereocenters. The molecular weight excluding hydrogens is 420 g/mol. The molecule has 0 bridgehead atoms. The third kappa shape index (κ3) is 8.01. The van der Waals surface area contributed by atoms with Gasteiger partial charge in [0.15, 0.2) is 5.78 Å². The van der Waals surface area contributed by atoms with Gasteiger partial charge in [-0.15, -0.1) is 0 Å². The number of alkyl carbamates (subject to hydrolysis) is 1. The first-order valence-electron chi connectivity index (χ1n) is 10.8. The number of hydrogen-bond acceptors (Lipinski definition) is 6. The minimum atomic E-state index is -1.20. The Morgan fingerprint density at radius 1 is 1.06 bits per heavy atom. The van der Waals surface area contributed by atoms with E-state index in [9.17, 15) is 29.1 Å². The van der Waals surface area contributed by atoms with E-state index < -0.39 is 47.7 Å². The maximum atomic E-state index is 12.9. The number of amides is 4. The van der Waals surface area contributed by atoms with Gasteiger partial charge in [-0.1, -0.05) is 0 Å². The summed E-state index contributed by atoms with van der Waals surface area (Å²) in [6, 6.07) is -2.98. The van der Waals surface area contributed by atoms with Crippen molar-refractivity contribution in [2.75, 3.05) is 13.1 Å². The quantitative estimate of drug-likeness (QED) is 0.500. The van der Waals surface area contributed by atoms with Crippen LogP contribution in [0.25, 0.3) is 0 Å². The molecule has 0 saturated carbocycles. The van der Waals surface area contributed by atoms with Gasteiger partial charge in [-0.25, -0.2) is 9.59 Å². The van der Waals surface area contributed by atoms with Gasteiger partial charge in [0.05, 0.1) is 12.6 Å².